The summed E-state index contributed by atoms with van der Waals surface area (Å²) in [7, 11) is 1.84. The minimum Gasteiger partial charge on any atom is -0.348 e. The molecule has 6 heteroatoms. The maximum atomic E-state index is 13.2. The van der Waals surface area contributed by atoms with E-state index in [1.54, 1.807) is 29.9 Å². The average molecular weight is 350 g/mol. The fraction of sp³-hybridized carbons (Fsp3) is 0.150. The Hall–Kier alpha value is -3.28. The highest BCUT2D eigenvalue weighted by atomic mass is 19.1. The van der Waals surface area contributed by atoms with Crippen LogP contribution in [-0.2, 0) is 18.4 Å². The van der Waals surface area contributed by atoms with E-state index < -0.39 is 0 Å². The Labute approximate surface area is 151 Å². The van der Waals surface area contributed by atoms with Gasteiger partial charge in [-0.25, -0.2) is 4.39 Å². The molecule has 1 N–H and O–H groups in total. The van der Waals surface area contributed by atoms with Crippen molar-refractivity contribution < 1.29 is 9.18 Å². The van der Waals surface area contributed by atoms with Crippen molar-refractivity contribution in [3.05, 3.63) is 72.3 Å². The molecule has 0 atom stereocenters. The minimum atomic E-state index is -0.294. The molecule has 2 aromatic heterocycles. The number of rotatable bonds is 5. The Morgan fingerprint density at radius 3 is 2.58 bits per heavy atom. The average Bonchev–Trinajstić information content (AvgIpc) is 3.06. The van der Waals surface area contributed by atoms with Gasteiger partial charge in [-0.05, 0) is 48.9 Å². The molecule has 0 saturated carbocycles. The molecule has 1 amide bonds. The van der Waals surface area contributed by atoms with Crippen LogP contribution in [0.2, 0.25) is 0 Å². The zero-order chi connectivity index (χ0) is 18.7. The lowest BCUT2D eigenvalue weighted by atomic mass is 10.0. The van der Waals surface area contributed by atoms with Crippen molar-refractivity contribution in [2.75, 3.05) is 0 Å². The van der Waals surface area contributed by atoms with Crippen LogP contribution in [0.1, 0.15) is 12.5 Å². The number of aromatic nitrogens is 3. The molecule has 5 nitrogen and oxygen atoms in total. The van der Waals surface area contributed by atoms with Crippen molar-refractivity contribution in [2.24, 2.45) is 7.05 Å². The lowest BCUT2D eigenvalue weighted by molar-refractivity contribution is -0.117. The van der Waals surface area contributed by atoms with E-state index in [1.165, 1.54) is 12.1 Å². The molecule has 3 rings (SSSR count). The second-order valence-electron chi connectivity index (χ2n) is 6.07. The molecule has 1 aromatic carbocycles. The van der Waals surface area contributed by atoms with Crippen molar-refractivity contribution >= 4 is 5.91 Å². The number of carbonyl (C=O) groups excluding carboxylic acids is 1. The van der Waals surface area contributed by atoms with Gasteiger partial charge in [0.25, 0.3) is 0 Å². The van der Waals surface area contributed by atoms with Crippen LogP contribution in [0.4, 0.5) is 4.39 Å². The van der Waals surface area contributed by atoms with Gasteiger partial charge in [0.2, 0.25) is 5.91 Å². The second kappa shape index (κ2) is 7.31. The summed E-state index contributed by atoms with van der Waals surface area (Å²) >= 11 is 0. The predicted molar refractivity (Wildman–Crippen MR) is 98.5 cm³/mol. The number of aryl methyl sites for hydroxylation is 1. The molecule has 0 radical (unpaired) electrons. The van der Waals surface area contributed by atoms with Crippen molar-refractivity contribution in [1.82, 2.24) is 20.1 Å². The van der Waals surface area contributed by atoms with Crippen LogP contribution in [0.15, 0.2) is 60.9 Å². The summed E-state index contributed by atoms with van der Waals surface area (Å²) in [5.74, 6) is -0.502. The first-order valence-corrected chi connectivity index (χ1v) is 8.12. The van der Waals surface area contributed by atoms with Gasteiger partial charge in [-0.1, -0.05) is 6.58 Å². The smallest absolute Gasteiger partial charge is 0.246 e. The number of benzene rings is 1. The number of hydrogen-bond acceptors (Lipinski definition) is 3. The lowest BCUT2D eigenvalue weighted by Crippen LogP contribution is -2.23. The van der Waals surface area contributed by atoms with Crippen LogP contribution in [-0.4, -0.2) is 20.7 Å². The van der Waals surface area contributed by atoms with E-state index >= 15 is 0 Å². The first-order valence-electron chi connectivity index (χ1n) is 8.12. The molecule has 26 heavy (non-hydrogen) atoms. The number of amides is 1. The van der Waals surface area contributed by atoms with Crippen molar-refractivity contribution in [3.8, 4) is 22.5 Å². The molecule has 3 aromatic rings. The highest BCUT2D eigenvalue weighted by Crippen LogP contribution is 2.27. The van der Waals surface area contributed by atoms with Gasteiger partial charge in [0, 0.05) is 42.7 Å². The first kappa shape index (κ1) is 17.5. The van der Waals surface area contributed by atoms with E-state index in [-0.39, 0.29) is 11.7 Å². The quantitative estimate of drug-likeness (QED) is 0.717. The van der Waals surface area contributed by atoms with Crippen LogP contribution in [0.5, 0.6) is 0 Å². The van der Waals surface area contributed by atoms with E-state index in [0.29, 0.717) is 17.8 Å². The molecule has 132 valence electrons. The second-order valence-corrected chi connectivity index (χ2v) is 6.07. The molecular weight excluding hydrogens is 331 g/mol. The summed E-state index contributed by atoms with van der Waals surface area (Å²) in [4.78, 5) is 16.3. The third-order valence-electron chi connectivity index (χ3n) is 3.94. The molecule has 0 aliphatic heterocycles. The van der Waals surface area contributed by atoms with Gasteiger partial charge in [0.05, 0.1) is 11.4 Å². The van der Waals surface area contributed by atoms with E-state index in [9.17, 15) is 9.18 Å². The van der Waals surface area contributed by atoms with Gasteiger partial charge in [0.15, 0.2) is 0 Å². The summed E-state index contributed by atoms with van der Waals surface area (Å²) < 4.78 is 14.9. The fourth-order valence-corrected chi connectivity index (χ4v) is 2.53. The van der Waals surface area contributed by atoms with Crippen LogP contribution in [0.3, 0.4) is 0 Å². The van der Waals surface area contributed by atoms with Gasteiger partial charge in [0.1, 0.15) is 5.82 Å². The number of pyridine rings is 1. The molecule has 0 unspecified atom stereocenters. The summed E-state index contributed by atoms with van der Waals surface area (Å²) in [5.41, 5.74) is 4.44. The fourth-order valence-electron chi connectivity index (χ4n) is 2.53. The van der Waals surface area contributed by atoms with Gasteiger partial charge < -0.3 is 5.32 Å². The van der Waals surface area contributed by atoms with E-state index in [1.807, 2.05) is 25.4 Å². The Kier molecular flexibility index (Phi) is 4.93. The number of nitrogens with zero attached hydrogens (tertiary/aromatic N) is 3. The predicted octanol–water partition coefficient (Wildman–Crippen LogP) is 3.48. The topological polar surface area (TPSA) is 59.8 Å². The summed E-state index contributed by atoms with van der Waals surface area (Å²) in [6.07, 6.45) is 3.56. The Morgan fingerprint density at radius 1 is 1.23 bits per heavy atom. The zero-order valence-corrected chi connectivity index (χ0v) is 14.7. The van der Waals surface area contributed by atoms with Gasteiger partial charge in [-0.15, -0.1) is 0 Å². The van der Waals surface area contributed by atoms with Gasteiger partial charge >= 0.3 is 0 Å². The molecular formula is C20H19FN4O. The number of nitrogens with one attached hydrogen (secondary N) is 1. The normalized spacial score (nSPS) is 10.6. The number of halogens is 1. The van der Waals surface area contributed by atoms with E-state index in [2.05, 4.69) is 22.0 Å². The van der Waals surface area contributed by atoms with Crippen LogP contribution < -0.4 is 5.32 Å². The number of hydrogen-bond donors (Lipinski definition) is 1. The van der Waals surface area contributed by atoms with Gasteiger partial charge in [-0.3, -0.25) is 14.5 Å². The highest BCUT2D eigenvalue weighted by Gasteiger charge is 2.13. The van der Waals surface area contributed by atoms with E-state index in [4.69, 9.17) is 0 Å². The molecule has 0 aliphatic rings. The SMILES string of the molecule is C=C(C)C(=O)NCc1cnc(-c2ccc(F)cc2)cc1-c1ccn(C)n1. The third kappa shape index (κ3) is 3.85. The van der Waals surface area contributed by atoms with Crippen molar-refractivity contribution in [3.63, 3.8) is 0 Å². The molecule has 0 fully saturated rings. The molecule has 0 saturated heterocycles. The monoisotopic (exact) mass is 350 g/mol. The molecule has 0 aliphatic carbocycles. The van der Waals surface area contributed by atoms with Crippen LogP contribution in [0, 0.1) is 5.82 Å². The Bertz CT molecular complexity index is 960. The minimum absolute atomic E-state index is 0.209. The van der Waals surface area contributed by atoms with Crippen LogP contribution >= 0.6 is 0 Å². The summed E-state index contributed by atoms with van der Waals surface area (Å²) in [6, 6.07) is 9.97. The Morgan fingerprint density at radius 2 is 1.96 bits per heavy atom. The Balaban J connectivity index is 1.99. The first-order chi connectivity index (χ1) is 12.4. The largest absolute Gasteiger partial charge is 0.348 e. The lowest BCUT2D eigenvalue weighted by Gasteiger charge is -2.11. The van der Waals surface area contributed by atoms with Gasteiger partial charge in [-0.2, -0.15) is 5.10 Å². The molecule has 0 bridgehead atoms. The molecule has 2 heterocycles. The van der Waals surface area contributed by atoms with E-state index in [0.717, 1.165) is 22.4 Å². The van der Waals surface area contributed by atoms with Crippen LogP contribution in [0.25, 0.3) is 22.5 Å². The molecule has 0 spiro atoms. The number of carbonyl (C=O) groups is 1. The summed E-state index contributed by atoms with van der Waals surface area (Å²) in [6.45, 7) is 5.61. The van der Waals surface area contributed by atoms with Crippen molar-refractivity contribution in [1.29, 1.82) is 0 Å². The standard InChI is InChI=1S/C20H19FN4O/c1-13(2)20(26)23-12-15-11-22-19(14-4-6-16(21)7-5-14)10-17(15)18-8-9-25(3)24-18/h4-11H,1,12H2,2-3H3,(H,23,26). The third-order valence-corrected chi connectivity index (χ3v) is 3.94. The highest BCUT2D eigenvalue weighted by molar-refractivity contribution is 5.92. The summed E-state index contributed by atoms with van der Waals surface area (Å²) in [5, 5.41) is 7.27. The maximum absolute atomic E-state index is 13.2. The zero-order valence-electron chi connectivity index (χ0n) is 14.7. The van der Waals surface area contributed by atoms with Crippen molar-refractivity contribution in [2.45, 2.75) is 13.5 Å². The maximum Gasteiger partial charge on any atom is 0.246 e.